The molecule has 2 amide bonds. The van der Waals surface area contributed by atoms with Gasteiger partial charge in [-0.1, -0.05) is 0 Å². The summed E-state index contributed by atoms with van der Waals surface area (Å²) in [4.78, 5) is 29.9. The monoisotopic (exact) mass is 470 g/mol. The number of aliphatic hydroxyl groups is 1. The fraction of sp³-hybridized carbons (Fsp3) is 0.250. The van der Waals surface area contributed by atoms with Gasteiger partial charge in [-0.3, -0.25) is 9.59 Å². The highest BCUT2D eigenvalue weighted by Crippen LogP contribution is 2.43. The highest BCUT2D eigenvalue weighted by atomic mass is 32.1. The average molecular weight is 470 g/mol. The topological polar surface area (TPSA) is 70.1 Å². The third-order valence-electron chi connectivity index (χ3n) is 5.90. The summed E-state index contributed by atoms with van der Waals surface area (Å²) < 4.78 is 33.2. The summed E-state index contributed by atoms with van der Waals surface area (Å²) in [5.41, 5.74) is 1.96. The Morgan fingerprint density at radius 2 is 2.00 bits per heavy atom. The molecule has 0 aliphatic carbocycles. The van der Waals surface area contributed by atoms with E-state index in [2.05, 4.69) is 0 Å². The summed E-state index contributed by atoms with van der Waals surface area (Å²) in [5.74, 6) is -1.53. The largest absolute Gasteiger partial charge is 0.488 e. The van der Waals surface area contributed by atoms with Gasteiger partial charge in [-0.15, -0.1) is 11.3 Å². The van der Waals surface area contributed by atoms with Crippen molar-refractivity contribution in [3.8, 4) is 16.2 Å². The number of carbonyl (C=O) groups excluding carboxylic acids is 2. The molecule has 2 aliphatic heterocycles. The standard InChI is InChI=1S/C24H20F2N2O4S/c1-27(19-4-3-15(25)10-18(19)26)24(31)21-9-14-12-32-20-5-2-13(8-17(20)22(14)33-21)23(30)28-7-6-16(29)11-28/h2-5,8-10,16,29H,6-7,11-12H2,1H3/t16-/m1/s1. The Bertz CT molecular complexity index is 1280. The van der Waals surface area contributed by atoms with E-state index >= 15 is 0 Å². The molecule has 0 spiro atoms. The van der Waals surface area contributed by atoms with Crippen molar-refractivity contribution in [2.75, 3.05) is 25.0 Å². The Balaban J connectivity index is 1.45. The van der Waals surface area contributed by atoms with Gasteiger partial charge >= 0.3 is 0 Å². The first kappa shape index (κ1) is 21.5. The van der Waals surface area contributed by atoms with E-state index in [1.165, 1.54) is 24.5 Å². The smallest absolute Gasteiger partial charge is 0.268 e. The number of hydrogen-bond acceptors (Lipinski definition) is 5. The van der Waals surface area contributed by atoms with Crippen molar-refractivity contribution in [1.29, 1.82) is 0 Å². The van der Waals surface area contributed by atoms with Crippen molar-refractivity contribution in [3.05, 3.63) is 70.1 Å². The molecule has 6 nitrogen and oxygen atoms in total. The van der Waals surface area contributed by atoms with E-state index in [9.17, 15) is 23.5 Å². The first-order valence-electron chi connectivity index (χ1n) is 10.4. The first-order chi connectivity index (χ1) is 15.8. The number of β-amino-alcohol motifs (C(OH)–C–C–N with tert-alkyl or cyclic N) is 1. The molecule has 0 bridgehead atoms. The van der Waals surface area contributed by atoms with Crippen LogP contribution in [0.4, 0.5) is 14.5 Å². The van der Waals surface area contributed by atoms with Gasteiger partial charge in [0.1, 0.15) is 24.0 Å². The number of anilines is 1. The van der Waals surface area contributed by atoms with Gasteiger partial charge < -0.3 is 19.6 Å². The van der Waals surface area contributed by atoms with E-state index in [0.717, 1.165) is 27.5 Å². The Morgan fingerprint density at radius 3 is 2.73 bits per heavy atom. The Kier molecular flexibility index (Phi) is 5.38. The second-order valence-corrected chi connectivity index (χ2v) is 9.17. The molecule has 1 aromatic heterocycles. The van der Waals surface area contributed by atoms with Crippen LogP contribution in [0.15, 0.2) is 42.5 Å². The summed E-state index contributed by atoms with van der Waals surface area (Å²) in [7, 11) is 1.43. The second kappa shape index (κ2) is 8.24. The molecule has 9 heteroatoms. The number of thiophene rings is 1. The molecule has 3 heterocycles. The molecule has 0 radical (unpaired) electrons. The maximum absolute atomic E-state index is 14.2. The minimum atomic E-state index is -0.823. The molecule has 3 aromatic rings. The number of hydrogen-bond donors (Lipinski definition) is 1. The molecule has 1 N–H and O–H groups in total. The number of benzene rings is 2. The maximum Gasteiger partial charge on any atom is 0.268 e. The maximum atomic E-state index is 14.2. The number of carbonyl (C=O) groups is 2. The first-order valence-corrected chi connectivity index (χ1v) is 11.2. The number of aliphatic hydroxyl groups excluding tert-OH is 1. The number of amides is 2. The van der Waals surface area contributed by atoms with Gasteiger partial charge in [0, 0.05) is 47.8 Å². The lowest BCUT2D eigenvalue weighted by atomic mass is 10.0. The summed E-state index contributed by atoms with van der Waals surface area (Å²) in [6.07, 6.45) is 0.0537. The molecule has 33 heavy (non-hydrogen) atoms. The summed E-state index contributed by atoms with van der Waals surface area (Å²) in [6, 6.07) is 9.94. The van der Waals surface area contributed by atoms with Gasteiger partial charge in [0.05, 0.1) is 16.7 Å². The molecule has 2 aliphatic rings. The third-order valence-corrected chi connectivity index (χ3v) is 7.10. The Morgan fingerprint density at radius 1 is 1.18 bits per heavy atom. The van der Waals surface area contributed by atoms with Gasteiger partial charge in [0.25, 0.3) is 11.8 Å². The van der Waals surface area contributed by atoms with Gasteiger partial charge in [-0.05, 0) is 42.8 Å². The lowest BCUT2D eigenvalue weighted by molar-refractivity contribution is 0.0764. The van der Waals surface area contributed by atoms with Crippen LogP contribution in [-0.2, 0) is 6.61 Å². The lowest BCUT2D eigenvalue weighted by Gasteiger charge is -2.20. The van der Waals surface area contributed by atoms with Crippen LogP contribution >= 0.6 is 11.3 Å². The van der Waals surface area contributed by atoms with Crippen LogP contribution in [0.25, 0.3) is 10.4 Å². The summed E-state index contributed by atoms with van der Waals surface area (Å²) in [5, 5.41) is 9.74. The average Bonchev–Trinajstić information content (AvgIpc) is 3.44. The van der Waals surface area contributed by atoms with Crippen molar-refractivity contribution in [3.63, 3.8) is 0 Å². The van der Waals surface area contributed by atoms with E-state index < -0.39 is 23.6 Å². The zero-order valence-corrected chi connectivity index (χ0v) is 18.5. The van der Waals surface area contributed by atoms with Crippen LogP contribution < -0.4 is 9.64 Å². The predicted octanol–water partition coefficient (Wildman–Crippen LogP) is 4.07. The minimum absolute atomic E-state index is 0.0231. The van der Waals surface area contributed by atoms with E-state index in [1.807, 2.05) is 0 Å². The van der Waals surface area contributed by atoms with E-state index in [0.29, 0.717) is 41.3 Å². The van der Waals surface area contributed by atoms with Crippen molar-refractivity contribution >= 4 is 28.8 Å². The van der Waals surface area contributed by atoms with Gasteiger partial charge in [0.2, 0.25) is 0 Å². The predicted molar refractivity (Wildman–Crippen MR) is 120 cm³/mol. The summed E-state index contributed by atoms with van der Waals surface area (Å²) >= 11 is 1.24. The van der Waals surface area contributed by atoms with Crippen molar-refractivity contribution < 1.29 is 28.2 Å². The molecule has 170 valence electrons. The number of fused-ring (bicyclic) bond motifs is 3. The zero-order chi connectivity index (χ0) is 23.3. The number of rotatable bonds is 3. The number of ether oxygens (including phenoxy) is 1. The molecular formula is C24H20F2N2O4S. The van der Waals surface area contributed by atoms with Crippen LogP contribution in [0.1, 0.15) is 32.0 Å². The number of nitrogens with zero attached hydrogens (tertiary/aromatic N) is 2. The fourth-order valence-corrected chi connectivity index (χ4v) is 5.29. The lowest BCUT2D eigenvalue weighted by Crippen LogP contribution is -2.29. The number of halogens is 2. The second-order valence-electron chi connectivity index (χ2n) is 8.12. The van der Waals surface area contributed by atoms with E-state index in [1.54, 1.807) is 29.2 Å². The van der Waals surface area contributed by atoms with Crippen molar-refractivity contribution in [1.82, 2.24) is 4.90 Å². The van der Waals surface area contributed by atoms with Crippen LogP contribution in [0.2, 0.25) is 0 Å². The molecule has 0 unspecified atom stereocenters. The molecule has 0 saturated carbocycles. The number of likely N-dealkylation sites (tertiary alicyclic amines) is 1. The van der Waals surface area contributed by atoms with Gasteiger partial charge in [-0.25, -0.2) is 8.78 Å². The Hall–Kier alpha value is -3.30. The minimum Gasteiger partial charge on any atom is -0.488 e. The molecular weight excluding hydrogens is 450 g/mol. The Labute approximate surface area is 192 Å². The quantitative estimate of drug-likeness (QED) is 0.627. The molecule has 1 atom stereocenters. The van der Waals surface area contributed by atoms with Crippen molar-refractivity contribution in [2.24, 2.45) is 0 Å². The van der Waals surface area contributed by atoms with Crippen LogP contribution in [0, 0.1) is 11.6 Å². The SMILES string of the molecule is CN(C(=O)c1cc2c(s1)-c1cc(C(=O)N3CC[C@@H](O)C3)ccc1OC2)c1ccc(F)cc1F. The van der Waals surface area contributed by atoms with Crippen LogP contribution in [-0.4, -0.2) is 48.1 Å². The summed E-state index contributed by atoms with van der Waals surface area (Å²) in [6.45, 7) is 1.08. The molecule has 1 fully saturated rings. The zero-order valence-electron chi connectivity index (χ0n) is 17.7. The molecule has 5 rings (SSSR count). The molecule has 2 aromatic carbocycles. The van der Waals surface area contributed by atoms with Gasteiger partial charge in [-0.2, -0.15) is 0 Å². The fourth-order valence-electron chi connectivity index (χ4n) is 4.13. The highest BCUT2D eigenvalue weighted by molar-refractivity contribution is 7.17. The van der Waals surface area contributed by atoms with Crippen molar-refractivity contribution in [2.45, 2.75) is 19.1 Å². The van der Waals surface area contributed by atoms with Crippen LogP contribution in [0.5, 0.6) is 5.75 Å². The normalized spacial score (nSPS) is 16.7. The highest BCUT2D eigenvalue weighted by Gasteiger charge is 2.29. The van der Waals surface area contributed by atoms with E-state index in [4.69, 9.17) is 4.74 Å². The molecule has 1 saturated heterocycles. The van der Waals surface area contributed by atoms with Gasteiger partial charge in [0.15, 0.2) is 0 Å². The van der Waals surface area contributed by atoms with Crippen LogP contribution in [0.3, 0.4) is 0 Å². The van der Waals surface area contributed by atoms with E-state index in [-0.39, 0.29) is 18.2 Å². The third kappa shape index (κ3) is 3.87.